The molecule has 0 aromatic heterocycles. The molecule has 0 saturated heterocycles. The number of ether oxygens (including phenoxy) is 2. The Morgan fingerprint density at radius 2 is 1.93 bits per heavy atom. The number of rotatable bonds is 6. The van der Waals surface area contributed by atoms with Crippen molar-refractivity contribution in [3.63, 3.8) is 0 Å². The van der Waals surface area contributed by atoms with Crippen LogP contribution < -0.4 is 0 Å². The first-order valence-corrected chi connectivity index (χ1v) is 5.19. The molecular formula is C11H22O3. The molecular weight excluding hydrogens is 180 g/mol. The van der Waals surface area contributed by atoms with Crippen LogP contribution in [0.4, 0.5) is 0 Å². The van der Waals surface area contributed by atoms with Crippen LogP contribution in [0.25, 0.3) is 0 Å². The minimum atomic E-state index is -0.125. The van der Waals surface area contributed by atoms with Gasteiger partial charge in [-0.25, -0.2) is 0 Å². The van der Waals surface area contributed by atoms with Crippen LogP contribution >= 0.6 is 0 Å². The van der Waals surface area contributed by atoms with E-state index in [1.807, 2.05) is 27.7 Å². The van der Waals surface area contributed by atoms with E-state index in [0.29, 0.717) is 26.2 Å². The second-order valence-corrected chi connectivity index (χ2v) is 4.52. The van der Waals surface area contributed by atoms with Crippen molar-refractivity contribution in [3.8, 4) is 0 Å². The number of carbonyl (C=O) groups is 1. The van der Waals surface area contributed by atoms with Gasteiger partial charge >= 0.3 is 5.97 Å². The number of hydrogen-bond donors (Lipinski definition) is 0. The van der Waals surface area contributed by atoms with Gasteiger partial charge in [0.15, 0.2) is 0 Å². The minimum Gasteiger partial charge on any atom is -0.465 e. The van der Waals surface area contributed by atoms with Crippen LogP contribution in [0.1, 0.15) is 40.5 Å². The molecule has 0 aromatic carbocycles. The van der Waals surface area contributed by atoms with Crippen LogP contribution in [0.3, 0.4) is 0 Å². The monoisotopic (exact) mass is 202 g/mol. The Balaban J connectivity index is 3.38. The number of esters is 1. The van der Waals surface area contributed by atoms with E-state index in [1.54, 1.807) is 0 Å². The van der Waals surface area contributed by atoms with Crippen molar-refractivity contribution >= 4 is 5.97 Å². The van der Waals surface area contributed by atoms with Crippen LogP contribution in [0.5, 0.6) is 0 Å². The molecule has 0 unspecified atom stereocenters. The van der Waals surface area contributed by atoms with Gasteiger partial charge in [0.25, 0.3) is 0 Å². The van der Waals surface area contributed by atoms with Crippen LogP contribution in [0.2, 0.25) is 0 Å². The second kappa shape index (κ2) is 6.82. The van der Waals surface area contributed by atoms with Gasteiger partial charge in [0, 0.05) is 19.6 Å². The van der Waals surface area contributed by atoms with Gasteiger partial charge in [0.2, 0.25) is 0 Å². The predicted molar refractivity (Wildman–Crippen MR) is 56.1 cm³/mol. The van der Waals surface area contributed by atoms with Crippen molar-refractivity contribution in [3.05, 3.63) is 0 Å². The standard InChI is InChI=1S/C11H22O3/c1-5-13-8-6-7-10(12)14-9-11(2,3)4/h5-9H2,1-4H3. The summed E-state index contributed by atoms with van der Waals surface area (Å²) in [7, 11) is 0. The molecule has 0 N–H and O–H groups in total. The van der Waals surface area contributed by atoms with Gasteiger partial charge < -0.3 is 9.47 Å². The lowest BCUT2D eigenvalue weighted by Crippen LogP contribution is -2.18. The molecule has 0 saturated carbocycles. The molecule has 0 heterocycles. The summed E-state index contributed by atoms with van der Waals surface area (Å²) >= 11 is 0. The van der Waals surface area contributed by atoms with E-state index in [2.05, 4.69) is 0 Å². The average molecular weight is 202 g/mol. The van der Waals surface area contributed by atoms with Crippen molar-refractivity contribution in [2.45, 2.75) is 40.5 Å². The van der Waals surface area contributed by atoms with Gasteiger partial charge in [0.1, 0.15) is 0 Å². The molecule has 14 heavy (non-hydrogen) atoms. The molecule has 0 radical (unpaired) electrons. The maximum absolute atomic E-state index is 11.2. The third-order valence-corrected chi connectivity index (χ3v) is 1.54. The average Bonchev–Trinajstić information content (AvgIpc) is 2.08. The fourth-order valence-electron chi connectivity index (χ4n) is 0.832. The van der Waals surface area contributed by atoms with Gasteiger partial charge in [-0.15, -0.1) is 0 Å². The Labute approximate surface area is 86.8 Å². The van der Waals surface area contributed by atoms with E-state index in [-0.39, 0.29) is 11.4 Å². The molecule has 0 aromatic rings. The summed E-state index contributed by atoms with van der Waals surface area (Å²) in [6, 6.07) is 0. The molecule has 0 fully saturated rings. The third kappa shape index (κ3) is 9.52. The van der Waals surface area contributed by atoms with E-state index in [1.165, 1.54) is 0 Å². The van der Waals surface area contributed by atoms with Crippen molar-refractivity contribution < 1.29 is 14.3 Å². The van der Waals surface area contributed by atoms with Crippen molar-refractivity contribution in [2.24, 2.45) is 5.41 Å². The first-order valence-electron chi connectivity index (χ1n) is 5.19. The molecule has 0 bridgehead atoms. The minimum absolute atomic E-state index is 0.0512. The zero-order valence-electron chi connectivity index (χ0n) is 9.76. The third-order valence-electron chi connectivity index (χ3n) is 1.54. The van der Waals surface area contributed by atoms with Gasteiger partial charge in [-0.1, -0.05) is 20.8 Å². The lowest BCUT2D eigenvalue weighted by molar-refractivity contribution is -0.146. The van der Waals surface area contributed by atoms with Crippen molar-refractivity contribution in [1.82, 2.24) is 0 Å². The zero-order chi connectivity index (χ0) is 11.0. The van der Waals surface area contributed by atoms with E-state index in [9.17, 15) is 4.79 Å². The van der Waals surface area contributed by atoms with Gasteiger partial charge in [0.05, 0.1) is 6.61 Å². The summed E-state index contributed by atoms with van der Waals surface area (Å²) in [5, 5.41) is 0. The van der Waals surface area contributed by atoms with Gasteiger partial charge in [-0.2, -0.15) is 0 Å². The zero-order valence-corrected chi connectivity index (χ0v) is 9.76. The summed E-state index contributed by atoms with van der Waals surface area (Å²) < 4.78 is 10.2. The predicted octanol–water partition coefficient (Wildman–Crippen LogP) is 2.39. The van der Waals surface area contributed by atoms with E-state index < -0.39 is 0 Å². The molecule has 0 rings (SSSR count). The van der Waals surface area contributed by atoms with Gasteiger partial charge in [-0.3, -0.25) is 4.79 Å². The van der Waals surface area contributed by atoms with E-state index >= 15 is 0 Å². The number of hydrogen-bond acceptors (Lipinski definition) is 3. The fraction of sp³-hybridized carbons (Fsp3) is 0.909. The van der Waals surface area contributed by atoms with Crippen LogP contribution in [-0.2, 0) is 14.3 Å². The molecule has 0 aliphatic heterocycles. The van der Waals surface area contributed by atoms with E-state index in [0.717, 1.165) is 6.42 Å². The molecule has 3 heteroatoms. The van der Waals surface area contributed by atoms with Crippen molar-refractivity contribution in [1.29, 1.82) is 0 Å². The Morgan fingerprint density at radius 1 is 1.29 bits per heavy atom. The van der Waals surface area contributed by atoms with E-state index in [4.69, 9.17) is 9.47 Å². The maximum Gasteiger partial charge on any atom is 0.305 e. The Hall–Kier alpha value is -0.570. The topological polar surface area (TPSA) is 35.5 Å². The molecule has 0 aliphatic rings. The highest BCUT2D eigenvalue weighted by atomic mass is 16.5. The summed E-state index contributed by atoms with van der Waals surface area (Å²) in [5.41, 5.74) is 0.0512. The Kier molecular flexibility index (Phi) is 6.54. The van der Waals surface area contributed by atoms with Crippen LogP contribution in [-0.4, -0.2) is 25.8 Å². The fourth-order valence-corrected chi connectivity index (χ4v) is 0.832. The SMILES string of the molecule is CCOCCCC(=O)OCC(C)(C)C. The summed E-state index contributed by atoms with van der Waals surface area (Å²) in [6.07, 6.45) is 1.20. The Morgan fingerprint density at radius 3 is 2.43 bits per heavy atom. The first-order chi connectivity index (χ1) is 6.45. The molecule has 0 atom stereocenters. The lowest BCUT2D eigenvalue weighted by Gasteiger charge is -2.17. The summed E-state index contributed by atoms with van der Waals surface area (Å²) in [4.78, 5) is 11.2. The largest absolute Gasteiger partial charge is 0.465 e. The first kappa shape index (κ1) is 13.4. The summed E-state index contributed by atoms with van der Waals surface area (Å²) in [5.74, 6) is -0.125. The molecule has 84 valence electrons. The highest BCUT2D eigenvalue weighted by molar-refractivity contribution is 5.69. The number of carbonyl (C=O) groups excluding carboxylic acids is 1. The highest BCUT2D eigenvalue weighted by Gasteiger charge is 2.13. The highest BCUT2D eigenvalue weighted by Crippen LogP contribution is 2.13. The van der Waals surface area contributed by atoms with Gasteiger partial charge in [-0.05, 0) is 18.8 Å². The smallest absolute Gasteiger partial charge is 0.305 e. The quantitative estimate of drug-likeness (QED) is 0.490. The van der Waals surface area contributed by atoms with Crippen LogP contribution in [0.15, 0.2) is 0 Å². The van der Waals surface area contributed by atoms with Crippen molar-refractivity contribution in [2.75, 3.05) is 19.8 Å². The maximum atomic E-state index is 11.2. The molecule has 0 spiro atoms. The molecule has 0 amide bonds. The lowest BCUT2D eigenvalue weighted by atomic mass is 9.99. The normalized spacial score (nSPS) is 11.4. The van der Waals surface area contributed by atoms with Crippen LogP contribution in [0, 0.1) is 5.41 Å². The second-order valence-electron chi connectivity index (χ2n) is 4.52. The molecule has 0 aliphatic carbocycles. The summed E-state index contributed by atoms with van der Waals surface area (Å²) in [6.45, 7) is 9.90. The molecule has 3 nitrogen and oxygen atoms in total. The Bertz CT molecular complexity index is 158.